The molecule has 4 rings (SSSR count). The van der Waals surface area contributed by atoms with Crippen LogP contribution in [0, 0.1) is 12.8 Å². The lowest BCUT2D eigenvalue weighted by Crippen LogP contribution is -2.24. The quantitative estimate of drug-likeness (QED) is 0.624. The molecule has 5 heteroatoms. The monoisotopic (exact) mass is 381 g/mol. The number of anilines is 1. The van der Waals surface area contributed by atoms with Crippen LogP contribution in [0.25, 0.3) is 11.0 Å². The Morgan fingerprint density at radius 2 is 2.00 bits per heavy atom. The third kappa shape index (κ3) is 3.34. The summed E-state index contributed by atoms with van der Waals surface area (Å²) >= 11 is 6.27. The first-order chi connectivity index (χ1) is 12.9. The van der Waals surface area contributed by atoms with Gasteiger partial charge in [0, 0.05) is 36.1 Å². The van der Waals surface area contributed by atoms with Crippen LogP contribution in [0.4, 0.5) is 5.69 Å². The minimum absolute atomic E-state index is 0.0868. The molecule has 0 radical (unpaired) electrons. The number of carbonyl (C=O) groups excluding carboxylic acids is 1. The highest BCUT2D eigenvalue weighted by Crippen LogP contribution is 2.34. The van der Waals surface area contributed by atoms with Gasteiger partial charge in [-0.05, 0) is 42.7 Å². The van der Waals surface area contributed by atoms with E-state index in [4.69, 9.17) is 16.6 Å². The molecule has 3 aromatic rings. The molecule has 1 aliphatic rings. The Labute approximate surface area is 164 Å². The average molecular weight is 382 g/mol. The maximum atomic E-state index is 12.7. The van der Waals surface area contributed by atoms with E-state index in [0.29, 0.717) is 23.9 Å². The number of rotatable bonds is 4. The predicted octanol–water partition coefficient (Wildman–Crippen LogP) is 5.17. The molecule has 0 saturated carbocycles. The van der Waals surface area contributed by atoms with Crippen molar-refractivity contribution in [2.45, 2.75) is 39.7 Å². The van der Waals surface area contributed by atoms with E-state index >= 15 is 0 Å². The minimum Gasteiger partial charge on any atom is -0.327 e. The second kappa shape index (κ2) is 7.01. The summed E-state index contributed by atoms with van der Waals surface area (Å²) < 4.78 is 2.30. The number of hydrogen-bond donors (Lipinski definition) is 0. The minimum atomic E-state index is 0.0868. The first-order valence-electron chi connectivity index (χ1n) is 9.45. The van der Waals surface area contributed by atoms with E-state index in [9.17, 15) is 4.79 Å². The van der Waals surface area contributed by atoms with Gasteiger partial charge in [-0.25, -0.2) is 4.98 Å². The van der Waals surface area contributed by atoms with E-state index in [0.717, 1.165) is 34.7 Å². The van der Waals surface area contributed by atoms with E-state index in [-0.39, 0.29) is 11.8 Å². The summed E-state index contributed by atoms with van der Waals surface area (Å²) in [6.07, 6.45) is 0.479. The van der Waals surface area contributed by atoms with Gasteiger partial charge >= 0.3 is 0 Å². The molecule has 27 heavy (non-hydrogen) atoms. The number of fused-ring (bicyclic) bond motifs is 1. The summed E-state index contributed by atoms with van der Waals surface area (Å²) in [5.74, 6) is 1.73. The highest BCUT2D eigenvalue weighted by atomic mass is 35.5. The molecule has 0 aliphatic carbocycles. The number of benzene rings is 2. The molecule has 4 nitrogen and oxygen atoms in total. The lowest BCUT2D eigenvalue weighted by atomic mass is 10.1. The van der Waals surface area contributed by atoms with Crippen molar-refractivity contribution >= 4 is 34.2 Å². The maximum absolute atomic E-state index is 12.7. The van der Waals surface area contributed by atoms with Crippen molar-refractivity contribution in [1.29, 1.82) is 0 Å². The second-order valence-electron chi connectivity index (χ2n) is 7.80. The maximum Gasteiger partial charge on any atom is 0.227 e. The molecular formula is C22H24ClN3O. The molecule has 1 aliphatic heterocycles. The molecule has 1 aromatic heterocycles. The van der Waals surface area contributed by atoms with Crippen LogP contribution in [0.15, 0.2) is 42.5 Å². The van der Waals surface area contributed by atoms with Gasteiger partial charge in [0.05, 0.1) is 11.0 Å². The number of imidazole rings is 1. The predicted molar refractivity (Wildman–Crippen MR) is 110 cm³/mol. The van der Waals surface area contributed by atoms with Gasteiger partial charge < -0.3 is 9.47 Å². The van der Waals surface area contributed by atoms with Gasteiger partial charge in [-0.3, -0.25) is 4.79 Å². The molecule has 0 unspecified atom stereocenters. The fraction of sp³-hybridized carbons (Fsp3) is 0.364. The highest BCUT2D eigenvalue weighted by molar-refractivity contribution is 6.31. The standard InChI is InChI=1S/C22H24ClN3O/c1-14(2)12-26-20-7-5-4-6-19(20)24-22(26)16-10-21(27)25(13-16)17-9-8-15(3)18(23)11-17/h4-9,11,14,16H,10,12-13H2,1-3H3/t16-/m1/s1. The summed E-state index contributed by atoms with van der Waals surface area (Å²) in [7, 11) is 0. The number of hydrogen-bond acceptors (Lipinski definition) is 2. The number of para-hydroxylation sites is 2. The molecule has 1 saturated heterocycles. The molecule has 0 spiro atoms. The van der Waals surface area contributed by atoms with Crippen molar-refractivity contribution in [3.63, 3.8) is 0 Å². The van der Waals surface area contributed by atoms with Gasteiger partial charge in [0.1, 0.15) is 5.82 Å². The van der Waals surface area contributed by atoms with Crippen molar-refractivity contribution in [3.05, 3.63) is 58.9 Å². The Bertz CT molecular complexity index is 1010. The van der Waals surface area contributed by atoms with Gasteiger partial charge in [-0.15, -0.1) is 0 Å². The average Bonchev–Trinajstić information content (AvgIpc) is 3.18. The van der Waals surface area contributed by atoms with Crippen LogP contribution in [0.3, 0.4) is 0 Å². The lowest BCUT2D eigenvalue weighted by Gasteiger charge is -2.18. The van der Waals surface area contributed by atoms with Gasteiger partial charge in [0.2, 0.25) is 5.91 Å². The smallest absolute Gasteiger partial charge is 0.227 e. The van der Waals surface area contributed by atoms with Crippen molar-refractivity contribution < 1.29 is 4.79 Å². The van der Waals surface area contributed by atoms with Gasteiger partial charge in [-0.1, -0.05) is 43.6 Å². The lowest BCUT2D eigenvalue weighted by molar-refractivity contribution is -0.117. The molecule has 2 aromatic carbocycles. The number of nitrogens with zero attached hydrogens (tertiary/aromatic N) is 3. The van der Waals surface area contributed by atoms with E-state index in [1.807, 2.05) is 48.2 Å². The third-order valence-electron chi connectivity index (χ3n) is 5.19. The van der Waals surface area contributed by atoms with E-state index in [2.05, 4.69) is 24.5 Å². The molecule has 140 valence electrons. The largest absolute Gasteiger partial charge is 0.327 e. The number of halogens is 1. The zero-order valence-electron chi connectivity index (χ0n) is 15.9. The molecule has 0 bridgehead atoms. The summed E-state index contributed by atoms with van der Waals surface area (Å²) in [5.41, 5.74) is 4.02. The van der Waals surface area contributed by atoms with Crippen molar-refractivity contribution in [3.8, 4) is 0 Å². The van der Waals surface area contributed by atoms with Crippen molar-refractivity contribution in [2.24, 2.45) is 5.92 Å². The molecule has 1 amide bonds. The summed E-state index contributed by atoms with van der Waals surface area (Å²) in [4.78, 5) is 19.5. The Balaban J connectivity index is 1.70. The first-order valence-corrected chi connectivity index (χ1v) is 9.83. The number of aromatic nitrogens is 2. The molecule has 1 atom stereocenters. The van der Waals surface area contributed by atoms with Crippen LogP contribution >= 0.6 is 11.6 Å². The third-order valence-corrected chi connectivity index (χ3v) is 5.60. The Kier molecular flexibility index (Phi) is 4.68. The van der Waals surface area contributed by atoms with E-state index < -0.39 is 0 Å². The van der Waals surface area contributed by atoms with Crippen LogP contribution in [-0.4, -0.2) is 22.0 Å². The zero-order chi connectivity index (χ0) is 19.1. The van der Waals surface area contributed by atoms with E-state index in [1.165, 1.54) is 0 Å². The fourth-order valence-electron chi connectivity index (χ4n) is 3.84. The van der Waals surface area contributed by atoms with Gasteiger partial charge in [0.25, 0.3) is 0 Å². The van der Waals surface area contributed by atoms with E-state index in [1.54, 1.807) is 0 Å². The van der Waals surface area contributed by atoms with Crippen molar-refractivity contribution in [2.75, 3.05) is 11.4 Å². The van der Waals surface area contributed by atoms with Crippen LogP contribution in [0.5, 0.6) is 0 Å². The molecule has 2 heterocycles. The normalized spacial score (nSPS) is 17.4. The van der Waals surface area contributed by atoms with Crippen LogP contribution in [0.2, 0.25) is 5.02 Å². The SMILES string of the molecule is Cc1ccc(N2C[C@H](c3nc4ccccc4n3CC(C)C)CC2=O)cc1Cl. The summed E-state index contributed by atoms with van der Waals surface area (Å²) in [6.45, 7) is 7.92. The van der Waals surface area contributed by atoms with Gasteiger partial charge in [0.15, 0.2) is 0 Å². The number of aryl methyl sites for hydroxylation is 1. The van der Waals surface area contributed by atoms with Crippen molar-refractivity contribution in [1.82, 2.24) is 9.55 Å². The number of carbonyl (C=O) groups is 1. The van der Waals surface area contributed by atoms with Gasteiger partial charge in [-0.2, -0.15) is 0 Å². The molecule has 1 fully saturated rings. The Morgan fingerprint density at radius 1 is 1.22 bits per heavy atom. The summed E-state index contributed by atoms with van der Waals surface area (Å²) in [5, 5.41) is 0.691. The first kappa shape index (κ1) is 18.1. The Hall–Kier alpha value is -2.33. The van der Waals surface area contributed by atoms with Crippen LogP contribution in [-0.2, 0) is 11.3 Å². The summed E-state index contributed by atoms with van der Waals surface area (Å²) in [6, 6.07) is 14.0. The topological polar surface area (TPSA) is 38.1 Å². The second-order valence-corrected chi connectivity index (χ2v) is 8.21. The molecular weight excluding hydrogens is 358 g/mol. The number of amides is 1. The molecule has 0 N–H and O–H groups in total. The van der Waals surface area contributed by atoms with Crippen LogP contribution in [0.1, 0.15) is 37.6 Å². The fourth-order valence-corrected chi connectivity index (χ4v) is 4.02. The highest BCUT2D eigenvalue weighted by Gasteiger charge is 2.35. The zero-order valence-corrected chi connectivity index (χ0v) is 16.7. The van der Waals surface area contributed by atoms with Crippen LogP contribution < -0.4 is 4.90 Å². The Morgan fingerprint density at radius 3 is 2.74 bits per heavy atom.